The molecule has 1 aliphatic heterocycles. The average molecular weight is 307 g/mol. The van der Waals surface area contributed by atoms with Crippen LogP contribution >= 0.6 is 0 Å². The van der Waals surface area contributed by atoms with E-state index in [0.29, 0.717) is 18.7 Å². The van der Waals surface area contributed by atoms with Crippen molar-refractivity contribution >= 4 is 10.0 Å². The molecule has 1 heterocycles. The fourth-order valence-electron chi connectivity index (χ4n) is 2.73. The fraction of sp³-hybridized carbons (Fsp3) is 0.533. The second-order valence-electron chi connectivity index (χ2n) is 5.32. The molecule has 0 amide bonds. The van der Waals surface area contributed by atoms with E-state index in [-0.39, 0.29) is 16.5 Å². The van der Waals surface area contributed by atoms with Crippen molar-refractivity contribution in [2.45, 2.75) is 37.6 Å². The lowest BCUT2D eigenvalue weighted by Gasteiger charge is -2.27. The summed E-state index contributed by atoms with van der Waals surface area (Å²) in [7, 11) is -3.64. The lowest BCUT2D eigenvalue weighted by atomic mass is 10.1. The Labute approximate surface area is 126 Å². The Balaban J connectivity index is 2.48. The van der Waals surface area contributed by atoms with Gasteiger partial charge in [-0.2, -0.15) is 9.57 Å². The molecule has 1 atom stereocenters. The van der Waals surface area contributed by atoms with Crippen LogP contribution < -0.4 is 5.32 Å². The molecule has 1 aromatic rings. The predicted molar refractivity (Wildman–Crippen MR) is 81.4 cm³/mol. The van der Waals surface area contributed by atoms with E-state index in [1.807, 2.05) is 13.0 Å². The van der Waals surface area contributed by atoms with Gasteiger partial charge in [-0.15, -0.1) is 0 Å². The molecule has 6 heteroatoms. The molecule has 1 aliphatic rings. The van der Waals surface area contributed by atoms with Gasteiger partial charge in [-0.25, -0.2) is 8.42 Å². The van der Waals surface area contributed by atoms with Gasteiger partial charge in [0.2, 0.25) is 10.0 Å². The zero-order valence-corrected chi connectivity index (χ0v) is 13.3. The summed E-state index contributed by atoms with van der Waals surface area (Å²) in [5.41, 5.74) is 0.948. The smallest absolute Gasteiger partial charge is 0.244 e. The van der Waals surface area contributed by atoms with Crippen molar-refractivity contribution in [1.29, 1.82) is 5.26 Å². The van der Waals surface area contributed by atoms with E-state index in [2.05, 4.69) is 5.32 Å². The third kappa shape index (κ3) is 3.10. The molecule has 1 saturated heterocycles. The van der Waals surface area contributed by atoms with Gasteiger partial charge in [0.05, 0.1) is 5.56 Å². The van der Waals surface area contributed by atoms with Gasteiger partial charge in [0, 0.05) is 19.1 Å². The molecule has 1 unspecified atom stereocenters. The first-order valence-corrected chi connectivity index (χ1v) is 8.68. The SMILES string of the molecule is CCCN(C1CCNC1)S(=O)(=O)c1cccc(C)c1C#N. The second-order valence-corrected chi connectivity index (χ2v) is 7.18. The Morgan fingerprint density at radius 2 is 2.24 bits per heavy atom. The van der Waals surface area contributed by atoms with Crippen LogP contribution in [0.3, 0.4) is 0 Å². The van der Waals surface area contributed by atoms with Crippen molar-refractivity contribution in [1.82, 2.24) is 9.62 Å². The molecular weight excluding hydrogens is 286 g/mol. The maximum Gasteiger partial charge on any atom is 0.244 e. The number of nitrogens with zero attached hydrogens (tertiary/aromatic N) is 2. The molecule has 5 nitrogen and oxygen atoms in total. The van der Waals surface area contributed by atoms with E-state index >= 15 is 0 Å². The summed E-state index contributed by atoms with van der Waals surface area (Å²) in [4.78, 5) is 0.130. The summed E-state index contributed by atoms with van der Waals surface area (Å²) < 4.78 is 27.5. The van der Waals surface area contributed by atoms with Crippen LogP contribution in [0.25, 0.3) is 0 Å². The Hall–Kier alpha value is -1.42. The molecule has 0 bridgehead atoms. The minimum atomic E-state index is -3.64. The van der Waals surface area contributed by atoms with Crippen LogP contribution in [0.15, 0.2) is 23.1 Å². The van der Waals surface area contributed by atoms with Gasteiger partial charge >= 0.3 is 0 Å². The minimum absolute atomic E-state index is 0.0259. The number of hydrogen-bond donors (Lipinski definition) is 1. The standard InChI is InChI=1S/C15H21N3O2S/c1-3-9-18(13-7-8-17-11-13)21(19,20)15-6-4-5-12(2)14(15)10-16/h4-6,13,17H,3,7-9,11H2,1-2H3. The van der Waals surface area contributed by atoms with Gasteiger partial charge in [-0.1, -0.05) is 19.1 Å². The van der Waals surface area contributed by atoms with Crippen molar-refractivity contribution in [3.8, 4) is 6.07 Å². The largest absolute Gasteiger partial charge is 0.315 e. The van der Waals surface area contributed by atoms with Gasteiger partial charge in [0.25, 0.3) is 0 Å². The van der Waals surface area contributed by atoms with Crippen molar-refractivity contribution < 1.29 is 8.42 Å². The zero-order chi connectivity index (χ0) is 15.5. The summed E-state index contributed by atoms with van der Waals surface area (Å²) in [5, 5.41) is 12.5. The molecule has 114 valence electrons. The highest BCUT2D eigenvalue weighted by atomic mass is 32.2. The fourth-order valence-corrected chi connectivity index (χ4v) is 4.69. The zero-order valence-electron chi connectivity index (χ0n) is 12.5. The van der Waals surface area contributed by atoms with Crippen molar-refractivity contribution in [3.63, 3.8) is 0 Å². The van der Waals surface area contributed by atoms with E-state index in [4.69, 9.17) is 0 Å². The molecule has 0 radical (unpaired) electrons. The molecule has 0 spiro atoms. The number of nitriles is 1. The third-order valence-electron chi connectivity index (χ3n) is 3.82. The quantitative estimate of drug-likeness (QED) is 0.897. The first kappa shape index (κ1) is 16.0. The first-order valence-electron chi connectivity index (χ1n) is 7.24. The number of rotatable bonds is 5. The molecule has 0 aliphatic carbocycles. The number of nitrogens with one attached hydrogen (secondary N) is 1. The Bertz CT molecular complexity index is 643. The summed E-state index contributed by atoms with van der Waals surface area (Å²) >= 11 is 0. The topological polar surface area (TPSA) is 73.2 Å². The van der Waals surface area contributed by atoms with Crippen molar-refractivity contribution in [2.75, 3.05) is 19.6 Å². The molecule has 1 aromatic carbocycles. The van der Waals surface area contributed by atoms with Crippen LogP contribution in [0.5, 0.6) is 0 Å². The molecule has 21 heavy (non-hydrogen) atoms. The van der Waals surface area contributed by atoms with E-state index in [1.54, 1.807) is 23.4 Å². The number of aryl methyl sites for hydroxylation is 1. The molecule has 2 rings (SSSR count). The first-order chi connectivity index (χ1) is 10.0. The second kappa shape index (κ2) is 6.56. The van der Waals surface area contributed by atoms with Gasteiger partial charge in [0.1, 0.15) is 11.0 Å². The Kier molecular flexibility index (Phi) is 4.99. The maximum atomic E-state index is 13.0. The van der Waals surface area contributed by atoms with Crippen LogP contribution in [0.1, 0.15) is 30.9 Å². The van der Waals surface area contributed by atoms with Crippen LogP contribution in [0.2, 0.25) is 0 Å². The van der Waals surface area contributed by atoms with E-state index < -0.39 is 10.0 Å². The molecular formula is C15H21N3O2S. The highest BCUT2D eigenvalue weighted by Crippen LogP contribution is 2.25. The van der Waals surface area contributed by atoms with Crippen LogP contribution in [0.4, 0.5) is 0 Å². The Morgan fingerprint density at radius 1 is 1.48 bits per heavy atom. The summed E-state index contributed by atoms with van der Waals surface area (Å²) in [6, 6.07) is 7.00. The van der Waals surface area contributed by atoms with E-state index in [1.165, 1.54) is 6.07 Å². The molecule has 1 fully saturated rings. The van der Waals surface area contributed by atoms with Gasteiger partial charge in [0.15, 0.2) is 0 Å². The van der Waals surface area contributed by atoms with Crippen LogP contribution in [-0.2, 0) is 10.0 Å². The van der Waals surface area contributed by atoms with Gasteiger partial charge in [-0.05, 0) is 37.9 Å². The maximum absolute atomic E-state index is 13.0. The summed E-state index contributed by atoms with van der Waals surface area (Å²) in [5.74, 6) is 0. The van der Waals surface area contributed by atoms with Crippen LogP contribution in [0, 0.1) is 18.3 Å². The van der Waals surface area contributed by atoms with Gasteiger partial charge < -0.3 is 5.32 Å². The molecule has 0 saturated carbocycles. The van der Waals surface area contributed by atoms with E-state index in [0.717, 1.165) is 19.4 Å². The van der Waals surface area contributed by atoms with Gasteiger partial charge in [-0.3, -0.25) is 0 Å². The lowest BCUT2D eigenvalue weighted by molar-refractivity contribution is 0.335. The number of sulfonamides is 1. The van der Waals surface area contributed by atoms with Crippen molar-refractivity contribution in [3.05, 3.63) is 29.3 Å². The highest BCUT2D eigenvalue weighted by Gasteiger charge is 2.34. The van der Waals surface area contributed by atoms with Crippen LogP contribution in [-0.4, -0.2) is 38.4 Å². The minimum Gasteiger partial charge on any atom is -0.315 e. The highest BCUT2D eigenvalue weighted by molar-refractivity contribution is 7.89. The monoisotopic (exact) mass is 307 g/mol. The molecule has 0 aromatic heterocycles. The Morgan fingerprint density at radius 3 is 2.81 bits per heavy atom. The average Bonchev–Trinajstić information content (AvgIpc) is 2.98. The number of hydrogen-bond acceptors (Lipinski definition) is 4. The summed E-state index contributed by atoms with van der Waals surface area (Å²) in [6.07, 6.45) is 1.57. The summed E-state index contributed by atoms with van der Waals surface area (Å²) in [6.45, 7) is 5.71. The number of benzene rings is 1. The van der Waals surface area contributed by atoms with E-state index in [9.17, 15) is 13.7 Å². The predicted octanol–water partition coefficient (Wildman–Crippen LogP) is 1.63. The third-order valence-corrected chi connectivity index (χ3v) is 5.81. The van der Waals surface area contributed by atoms with Crippen molar-refractivity contribution in [2.24, 2.45) is 0 Å². The normalized spacial score (nSPS) is 18.9. The lowest BCUT2D eigenvalue weighted by Crippen LogP contribution is -2.42. The molecule has 1 N–H and O–H groups in total.